The normalized spacial score (nSPS) is 18.6. The van der Waals surface area contributed by atoms with Gasteiger partial charge in [-0.2, -0.15) is 0 Å². The van der Waals surface area contributed by atoms with Gasteiger partial charge in [0.25, 0.3) is 0 Å². The van der Waals surface area contributed by atoms with E-state index in [1.54, 1.807) is 38.7 Å². The molecule has 2 aromatic carbocycles. The Kier molecular flexibility index (Phi) is 5.85. The minimum atomic E-state index is -0.327. The first kappa shape index (κ1) is 20.2. The molecular formula is C22H21FN4O2S. The molecule has 1 aliphatic heterocycles. The molecule has 2 N–H and O–H groups in total. The molecule has 0 aliphatic carbocycles. The molecule has 154 valence electrons. The molecule has 0 radical (unpaired) electrons. The van der Waals surface area contributed by atoms with E-state index in [1.165, 1.54) is 24.2 Å². The third-order valence-corrected chi connectivity index (χ3v) is 6.11. The lowest BCUT2D eigenvalue weighted by molar-refractivity contribution is 0.354. The van der Waals surface area contributed by atoms with Crippen molar-refractivity contribution in [2.75, 3.05) is 14.2 Å². The van der Waals surface area contributed by atoms with Gasteiger partial charge in [-0.3, -0.25) is 4.99 Å². The monoisotopic (exact) mass is 424 g/mol. The Morgan fingerprint density at radius 2 is 1.73 bits per heavy atom. The predicted octanol–water partition coefficient (Wildman–Crippen LogP) is 4.53. The van der Waals surface area contributed by atoms with E-state index in [0.717, 1.165) is 17.5 Å². The summed E-state index contributed by atoms with van der Waals surface area (Å²) in [6, 6.07) is 10.7. The SMILES string of the molecule is COc1ccc(C2CC(c3ccc(F)c(-c4cncnc4)c3)N=C(N)S2)cc1OC. The molecule has 0 saturated carbocycles. The molecule has 3 aromatic rings. The number of hydrogen-bond donors (Lipinski definition) is 1. The van der Waals surface area contributed by atoms with Gasteiger partial charge in [0.15, 0.2) is 16.7 Å². The molecule has 1 aliphatic rings. The van der Waals surface area contributed by atoms with Crippen LogP contribution in [0.25, 0.3) is 11.1 Å². The molecule has 2 unspecified atom stereocenters. The van der Waals surface area contributed by atoms with Crippen molar-refractivity contribution in [3.63, 3.8) is 0 Å². The number of nitrogens with zero attached hydrogens (tertiary/aromatic N) is 3. The van der Waals surface area contributed by atoms with Crippen LogP contribution in [0.3, 0.4) is 0 Å². The minimum Gasteiger partial charge on any atom is -0.493 e. The summed E-state index contributed by atoms with van der Waals surface area (Å²) in [6.07, 6.45) is 5.32. The number of aromatic nitrogens is 2. The molecule has 0 bridgehead atoms. The van der Waals surface area contributed by atoms with E-state index >= 15 is 0 Å². The first-order valence-corrected chi connectivity index (χ1v) is 10.2. The minimum absolute atomic E-state index is 0.0841. The van der Waals surface area contributed by atoms with Crippen molar-refractivity contribution < 1.29 is 13.9 Å². The van der Waals surface area contributed by atoms with Crippen LogP contribution in [0.1, 0.15) is 28.8 Å². The summed E-state index contributed by atoms with van der Waals surface area (Å²) in [5.41, 5.74) is 9.19. The van der Waals surface area contributed by atoms with Gasteiger partial charge in [0.1, 0.15) is 12.1 Å². The zero-order valence-electron chi connectivity index (χ0n) is 16.6. The number of methoxy groups -OCH3 is 2. The summed E-state index contributed by atoms with van der Waals surface area (Å²) in [4.78, 5) is 12.6. The number of halogens is 1. The molecule has 1 aromatic heterocycles. The van der Waals surface area contributed by atoms with Crippen molar-refractivity contribution in [1.29, 1.82) is 0 Å². The standard InChI is InChI=1S/C22H21FN4O2S/c1-28-19-6-4-14(8-20(19)29-2)21-9-18(27-22(24)30-21)13-3-5-17(23)16(7-13)15-10-25-12-26-11-15/h3-8,10-12,18,21H,9H2,1-2H3,(H2,24,27). The summed E-state index contributed by atoms with van der Waals surface area (Å²) in [7, 11) is 3.22. The highest BCUT2D eigenvalue weighted by Crippen LogP contribution is 2.45. The van der Waals surface area contributed by atoms with E-state index in [-0.39, 0.29) is 17.1 Å². The molecule has 2 atom stereocenters. The van der Waals surface area contributed by atoms with E-state index in [0.29, 0.717) is 27.8 Å². The molecule has 30 heavy (non-hydrogen) atoms. The summed E-state index contributed by atoms with van der Waals surface area (Å²) in [6.45, 7) is 0. The van der Waals surface area contributed by atoms with Crippen LogP contribution in [-0.4, -0.2) is 29.4 Å². The Morgan fingerprint density at radius 1 is 1.00 bits per heavy atom. The second-order valence-electron chi connectivity index (χ2n) is 6.81. The lowest BCUT2D eigenvalue weighted by Crippen LogP contribution is -2.18. The lowest BCUT2D eigenvalue weighted by atomic mass is 9.95. The van der Waals surface area contributed by atoms with E-state index in [9.17, 15) is 4.39 Å². The van der Waals surface area contributed by atoms with Crippen LogP contribution in [0, 0.1) is 5.82 Å². The number of amidine groups is 1. The van der Waals surface area contributed by atoms with E-state index in [4.69, 9.17) is 15.2 Å². The van der Waals surface area contributed by atoms with Crippen LogP contribution in [0.2, 0.25) is 0 Å². The summed E-state index contributed by atoms with van der Waals surface area (Å²) in [5, 5.41) is 0.584. The number of benzene rings is 2. The first-order chi connectivity index (χ1) is 14.6. The molecule has 0 spiro atoms. The molecule has 0 saturated heterocycles. The van der Waals surface area contributed by atoms with Crippen LogP contribution in [0.5, 0.6) is 11.5 Å². The highest BCUT2D eigenvalue weighted by Gasteiger charge is 2.27. The molecule has 4 rings (SSSR count). The molecule has 8 heteroatoms. The van der Waals surface area contributed by atoms with Gasteiger partial charge in [-0.1, -0.05) is 23.9 Å². The number of hydrogen-bond acceptors (Lipinski definition) is 7. The number of nitrogens with two attached hydrogens (primary N) is 1. The predicted molar refractivity (Wildman–Crippen MR) is 116 cm³/mol. The van der Waals surface area contributed by atoms with Crippen LogP contribution in [0.4, 0.5) is 4.39 Å². The second-order valence-corrected chi connectivity index (χ2v) is 8.03. The Balaban J connectivity index is 1.65. The van der Waals surface area contributed by atoms with Crippen molar-refractivity contribution in [2.45, 2.75) is 17.7 Å². The smallest absolute Gasteiger partial charge is 0.161 e. The fraction of sp³-hybridized carbons (Fsp3) is 0.227. The van der Waals surface area contributed by atoms with Gasteiger partial charge < -0.3 is 15.2 Å². The fourth-order valence-corrected chi connectivity index (χ4v) is 4.55. The van der Waals surface area contributed by atoms with E-state index in [1.807, 2.05) is 18.2 Å². The highest BCUT2D eigenvalue weighted by atomic mass is 32.2. The number of rotatable bonds is 5. The average molecular weight is 425 g/mol. The van der Waals surface area contributed by atoms with E-state index < -0.39 is 0 Å². The number of ether oxygens (including phenoxy) is 2. The van der Waals surface area contributed by atoms with Crippen molar-refractivity contribution in [3.8, 4) is 22.6 Å². The van der Waals surface area contributed by atoms with Crippen LogP contribution >= 0.6 is 11.8 Å². The lowest BCUT2D eigenvalue weighted by Gasteiger charge is -2.27. The summed E-state index contributed by atoms with van der Waals surface area (Å²) < 4.78 is 25.2. The Bertz CT molecular complexity index is 1080. The molecule has 2 heterocycles. The topological polar surface area (TPSA) is 82.6 Å². The summed E-state index contributed by atoms with van der Waals surface area (Å²) >= 11 is 1.51. The zero-order chi connectivity index (χ0) is 21.1. The van der Waals surface area contributed by atoms with Gasteiger partial charge in [0, 0.05) is 28.8 Å². The summed E-state index contributed by atoms with van der Waals surface area (Å²) in [5.74, 6) is 1.02. The van der Waals surface area contributed by atoms with Crippen molar-refractivity contribution in [2.24, 2.45) is 10.7 Å². The number of thioether (sulfide) groups is 1. The Morgan fingerprint density at radius 3 is 2.47 bits per heavy atom. The maximum Gasteiger partial charge on any atom is 0.161 e. The first-order valence-electron chi connectivity index (χ1n) is 9.35. The van der Waals surface area contributed by atoms with E-state index in [2.05, 4.69) is 15.0 Å². The van der Waals surface area contributed by atoms with Crippen LogP contribution < -0.4 is 15.2 Å². The molecule has 0 fully saturated rings. The maximum absolute atomic E-state index is 14.4. The number of aliphatic imine (C=N–C) groups is 1. The Labute approximate surface area is 178 Å². The quantitative estimate of drug-likeness (QED) is 0.648. The Hall–Kier alpha value is -3.13. The fourth-order valence-electron chi connectivity index (χ4n) is 3.51. The van der Waals surface area contributed by atoms with Crippen molar-refractivity contribution in [3.05, 3.63) is 72.1 Å². The van der Waals surface area contributed by atoms with Crippen molar-refractivity contribution in [1.82, 2.24) is 9.97 Å². The second kappa shape index (κ2) is 8.71. The van der Waals surface area contributed by atoms with Gasteiger partial charge in [-0.05, 0) is 41.8 Å². The van der Waals surface area contributed by atoms with Crippen molar-refractivity contribution >= 4 is 16.9 Å². The zero-order valence-corrected chi connectivity index (χ0v) is 17.4. The van der Waals surface area contributed by atoms with Gasteiger partial charge in [-0.15, -0.1) is 0 Å². The van der Waals surface area contributed by atoms with Gasteiger partial charge in [0.05, 0.1) is 20.3 Å². The largest absolute Gasteiger partial charge is 0.493 e. The van der Waals surface area contributed by atoms with Gasteiger partial charge in [-0.25, -0.2) is 14.4 Å². The molecule has 0 amide bonds. The third-order valence-electron chi connectivity index (χ3n) is 5.01. The average Bonchev–Trinajstić information content (AvgIpc) is 2.79. The molecular weight excluding hydrogens is 403 g/mol. The van der Waals surface area contributed by atoms with Crippen LogP contribution in [0.15, 0.2) is 60.1 Å². The van der Waals surface area contributed by atoms with Gasteiger partial charge in [0.2, 0.25) is 0 Å². The van der Waals surface area contributed by atoms with Crippen LogP contribution in [-0.2, 0) is 0 Å². The highest BCUT2D eigenvalue weighted by molar-refractivity contribution is 8.14. The third kappa shape index (κ3) is 4.09. The maximum atomic E-state index is 14.4. The van der Waals surface area contributed by atoms with Gasteiger partial charge >= 0.3 is 0 Å². The molecule has 6 nitrogen and oxygen atoms in total.